The highest BCUT2D eigenvalue weighted by Crippen LogP contribution is 2.35. The third-order valence-corrected chi connectivity index (χ3v) is 5.75. The highest BCUT2D eigenvalue weighted by Gasteiger charge is 2.29. The summed E-state index contributed by atoms with van der Waals surface area (Å²) in [6.07, 6.45) is 2.75. The normalized spacial score (nSPS) is 14.4. The highest BCUT2D eigenvalue weighted by molar-refractivity contribution is 9.10. The van der Waals surface area contributed by atoms with Gasteiger partial charge < -0.3 is 0 Å². The molecule has 0 fully saturated rings. The lowest BCUT2D eigenvalue weighted by Crippen LogP contribution is -2.48. The first kappa shape index (κ1) is 14.7. The molecule has 118 valence electrons. The minimum Gasteiger partial charge on any atom is -0.284 e. The Labute approximate surface area is 146 Å². The average molecular weight is 391 g/mol. The standard InChI is InChI=1S/C16H15BrN4OS/c1-10-9-23-14-5-6-21(19(2)15(10)14)16(22)13-7-12-4-3-11(17)8-20(12)18-13/h3-4,7-9H,5-6H2,1-2H3. The van der Waals surface area contributed by atoms with Gasteiger partial charge in [0.1, 0.15) is 0 Å². The zero-order valence-electron chi connectivity index (χ0n) is 12.8. The van der Waals surface area contributed by atoms with Gasteiger partial charge in [0.2, 0.25) is 0 Å². The van der Waals surface area contributed by atoms with Gasteiger partial charge in [0.15, 0.2) is 5.69 Å². The molecule has 0 atom stereocenters. The van der Waals surface area contributed by atoms with E-state index >= 15 is 0 Å². The maximum atomic E-state index is 12.9. The molecule has 0 saturated heterocycles. The minimum atomic E-state index is -0.0661. The van der Waals surface area contributed by atoms with Crippen molar-refractivity contribution in [2.24, 2.45) is 0 Å². The van der Waals surface area contributed by atoms with E-state index in [-0.39, 0.29) is 5.91 Å². The van der Waals surface area contributed by atoms with Crippen molar-refractivity contribution in [1.29, 1.82) is 0 Å². The first-order valence-electron chi connectivity index (χ1n) is 7.32. The molecule has 3 aromatic rings. The van der Waals surface area contributed by atoms with Crippen LogP contribution in [0.15, 0.2) is 34.2 Å². The predicted octanol–water partition coefficient (Wildman–Crippen LogP) is 3.52. The van der Waals surface area contributed by atoms with Gasteiger partial charge in [0.05, 0.1) is 11.2 Å². The van der Waals surface area contributed by atoms with Crippen LogP contribution in [0, 0.1) is 6.92 Å². The fraction of sp³-hybridized carbons (Fsp3) is 0.250. The van der Waals surface area contributed by atoms with Crippen molar-refractivity contribution in [3.63, 3.8) is 0 Å². The number of hydrogen-bond acceptors (Lipinski definition) is 4. The van der Waals surface area contributed by atoms with Gasteiger partial charge in [-0.05, 0) is 52.0 Å². The maximum Gasteiger partial charge on any atom is 0.292 e. The summed E-state index contributed by atoms with van der Waals surface area (Å²) in [6.45, 7) is 2.77. The van der Waals surface area contributed by atoms with Gasteiger partial charge in [-0.25, -0.2) is 9.52 Å². The smallest absolute Gasteiger partial charge is 0.284 e. The largest absolute Gasteiger partial charge is 0.292 e. The molecule has 1 amide bonds. The van der Waals surface area contributed by atoms with Crippen molar-refractivity contribution in [2.75, 3.05) is 18.6 Å². The van der Waals surface area contributed by atoms with Crippen molar-refractivity contribution >= 4 is 44.4 Å². The van der Waals surface area contributed by atoms with E-state index in [1.807, 2.05) is 36.5 Å². The van der Waals surface area contributed by atoms with Crippen molar-refractivity contribution in [2.45, 2.75) is 13.3 Å². The molecule has 0 radical (unpaired) electrons. The van der Waals surface area contributed by atoms with Crippen LogP contribution in [0.4, 0.5) is 5.69 Å². The number of hydrogen-bond donors (Lipinski definition) is 0. The number of hydrazine groups is 1. The SMILES string of the molecule is Cc1csc2c1N(C)N(C(=O)c1cc3ccc(Br)cn3n1)CC2. The molecule has 0 N–H and O–H groups in total. The first-order chi connectivity index (χ1) is 11.0. The zero-order valence-corrected chi connectivity index (χ0v) is 15.2. The molecule has 0 spiro atoms. The summed E-state index contributed by atoms with van der Waals surface area (Å²) in [6, 6.07) is 5.72. The van der Waals surface area contributed by atoms with Crippen LogP contribution < -0.4 is 5.01 Å². The number of thiophene rings is 1. The molecule has 0 aromatic carbocycles. The number of fused-ring (bicyclic) bond motifs is 2. The highest BCUT2D eigenvalue weighted by atomic mass is 79.9. The fourth-order valence-corrected chi connectivity index (χ4v) is 4.39. The van der Waals surface area contributed by atoms with Gasteiger partial charge in [-0.15, -0.1) is 11.3 Å². The molecule has 5 nitrogen and oxygen atoms in total. The number of aryl methyl sites for hydroxylation is 1. The van der Waals surface area contributed by atoms with Gasteiger partial charge in [-0.1, -0.05) is 0 Å². The van der Waals surface area contributed by atoms with Gasteiger partial charge in [0.25, 0.3) is 5.91 Å². The van der Waals surface area contributed by atoms with Crippen LogP contribution in [0.1, 0.15) is 20.9 Å². The topological polar surface area (TPSA) is 40.9 Å². The first-order valence-corrected chi connectivity index (χ1v) is 8.99. The van der Waals surface area contributed by atoms with E-state index in [1.165, 1.54) is 10.4 Å². The number of nitrogens with zero attached hydrogens (tertiary/aromatic N) is 4. The van der Waals surface area contributed by atoms with Crippen LogP contribution in [0.25, 0.3) is 5.52 Å². The van der Waals surface area contributed by atoms with E-state index < -0.39 is 0 Å². The Hall–Kier alpha value is -1.86. The number of rotatable bonds is 1. The Kier molecular flexibility index (Phi) is 3.42. The van der Waals surface area contributed by atoms with Crippen LogP contribution in [-0.4, -0.2) is 34.1 Å². The number of amides is 1. The van der Waals surface area contributed by atoms with Crippen molar-refractivity contribution in [1.82, 2.24) is 14.6 Å². The molecular formula is C16H15BrN4OS. The Balaban J connectivity index is 1.69. The second kappa shape index (κ2) is 5.35. The maximum absolute atomic E-state index is 12.9. The second-order valence-electron chi connectivity index (χ2n) is 5.64. The van der Waals surface area contributed by atoms with Crippen LogP contribution in [0.5, 0.6) is 0 Å². The van der Waals surface area contributed by atoms with Gasteiger partial charge in [0, 0.05) is 35.6 Å². The molecule has 4 rings (SSSR count). The van der Waals surface area contributed by atoms with Gasteiger partial charge in [-0.2, -0.15) is 5.10 Å². The van der Waals surface area contributed by atoms with E-state index in [4.69, 9.17) is 0 Å². The quantitative estimate of drug-likeness (QED) is 0.638. The molecule has 3 aromatic heterocycles. The summed E-state index contributed by atoms with van der Waals surface area (Å²) in [5, 5.41) is 10.3. The summed E-state index contributed by atoms with van der Waals surface area (Å²) in [7, 11) is 1.95. The summed E-state index contributed by atoms with van der Waals surface area (Å²) in [4.78, 5) is 14.2. The van der Waals surface area contributed by atoms with E-state index in [2.05, 4.69) is 33.3 Å². The van der Waals surface area contributed by atoms with Gasteiger partial charge >= 0.3 is 0 Å². The van der Waals surface area contributed by atoms with Crippen LogP contribution in [0.3, 0.4) is 0 Å². The Morgan fingerprint density at radius 3 is 3.04 bits per heavy atom. The molecule has 0 bridgehead atoms. The molecule has 7 heteroatoms. The van der Waals surface area contributed by atoms with Crippen LogP contribution >= 0.6 is 27.3 Å². The minimum absolute atomic E-state index is 0.0661. The van der Waals surface area contributed by atoms with Crippen LogP contribution in [0.2, 0.25) is 0 Å². The summed E-state index contributed by atoms with van der Waals surface area (Å²) < 4.78 is 2.66. The lowest BCUT2D eigenvalue weighted by Gasteiger charge is -2.37. The number of halogens is 1. The fourth-order valence-electron chi connectivity index (χ4n) is 3.02. The molecule has 4 heterocycles. The summed E-state index contributed by atoms with van der Waals surface area (Å²) >= 11 is 5.19. The number of carbonyl (C=O) groups excluding carboxylic acids is 1. The lowest BCUT2D eigenvalue weighted by atomic mass is 10.2. The third-order valence-electron chi connectivity index (χ3n) is 4.13. The average Bonchev–Trinajstić information content (AvgIpc) is 3.11. The molecule has 0 aliphatic carbocycles. The molecule has 23 heavy (non-hydrogen) atoms. The number of pyridine rings is 1. The van der Waals surface area contributed by atoms with Crippen molar-refractivity contribution in [3.8, 4) is 0 Å². The van der Waals surface area contributed by atoms with E-state index in [0.717, 1.165) is 22.1 Å². The molecular weight excluding hydrogens is 376 g/mol. The van der Waals surface area contributed by atoms with Gasteiger partial charge in [-0.3, -0.25) is 9.80 Å². The number of carbonyl (C=O) groups is 1. The Morgan fingerprint density at radius 1 is 1.39 bits per heavy atom. The Morgan fingerprint density at radius 2 is 2.22 bits per heavy atom. The summed E-state index contributed by atoms with van der Waals surface area (Å²) in [5.74, 6) is -0.0661. The molecule has 0 unspecified atom stereocenters. The summed E-state index contributed by atoms with van der Waals surface area (Å²) in [5.41, 5.74) is 3.74. The second-order valence-corrected chi connectivity index (χ2v) is 7.52. The Bertz CT molecular complexity index is 916. The third kappa shape index (κ3) is 2.35. The van der Waals surface area contributed by atoms with Crippen LogP contribution in [-0.2, 0) is 6.42 Å². The van der Waals surface area contributed by atoms with Crippen molar-refractivity contribution < 1.29 is 4.79 Å². The monoisotopic (exact) mass is 390 g/mol. The zero-order chi connectivity index (χ0) is 16.1. The van der Waals surface area contributed by atoms with E-state index in [1.54, 1.807) is 20.9 Å². The number of aromatic nitrogens is 2. The molecule has 1 aliphatic heterocycles. The lowest BCUT2D eigenvalue weighted by molar-refractivity contribution is 0.0733. The predicted molar refractivity (Wildman–Crippen MR) is 95.1 cm³/mol. The van der Waals surface area contributed by atoms with Crippen molar-refractivity contribution in [3.05, 3.63) is 50.4 Å². The van der Waals surface area contributed by atoms with E-state index in [9.17, 15) is 4.79 Å². The molecule has 1 aliphatic rings. The molecule has 0 saturated carbocycles. The number of anilines is 1. The van der Waals surface area contributed by atoms with E-state index in [0.29, 0.717) is 12.2 Å².